The van der Waals surface area contributed by atoms with Crippen molar-refractivity contribution in [1.29, 1.82) is 0 Å². The molecule has 168 valence electrons. The summed E-state index contributed by atoms with van der Waals surface area (Å²) in [5.74, 6) is -0.138. The summed E-state index contributed by atoms with van der Waals surface area (Å²) in [7, 11) is 0. The molecule has 29 heavy (non-hydrogen) atoms. The standard InChI is InChI=1S/C9H15N3O2.C9H16N2O2.2CH4/c1-6-5-14-9(3,4)12(6)8(13)7(2)11-10;1-6-4-9(10)5-13-8(2,3)11(9)7(6)12;;/h6H,5H2,1-4H3;6H,4-5,10H2,1-3H3;2*1H4/t;6?,9-;;/m.0../s1. The molecule has 0 aliphatic carbocycles. The van der Waals surface area contributed by atoms with E-state index in [0.717, 1.165) is 0 Å². The molecule has 0 aromatic rings. The van der Waals surface area contributed by atoms with E-state index in [-0.39, 0.29) is 44.3 Å². The first kappa shape index (κ1) is 27.2. The number of nitrogens with two attached hydrogens (primary N) is 1. The molecule has 0 saturated carbocycles. The van der Waals surface area contributed by atoms with Gasteiger partial charge in [0.15, 0.2) is 0 Å². The van der Waals surface area contributed by atoms with Crippen LogP contribution in [0.4, 0.5) is 0 Å². The molecule has 0 aromatic heterocycles. The summed E-state index contributed by atoms with van der Waals surface area (Å²) >= 11 is 0. The topological polar surface area (TPSA) is 122 Å². The summed E-state index contributed by atoms with van der Waals surface area (Å²) in [4.78, 5) is 29.7. The summed E-state index contributed by atoms with van der Waals surface area (Å²) in [6.07, 6.45) is 0.704. The predicted molar refractivity (Wildman–Crippen MR) is 112 cm³/mol. The Morgan fingerprint density at radius 3 is 2.14 bits per heavy atom. The van der Waals surface area contributed by atoms with Crippen molar-refractivity contribution in [3.8, 4) is 0 Å². The minimum atomic E-state index is -0.623. The molecule has 9 heteroatoms. The first-order valence-corrected chi connectivity index (χ1v) is 9.20. The maximum Gasteiger partial charge on any atom is 0.353 e. The molecule has 2 amide bonds. The van der Waals surface area contributed by atoms with Crippen LogP contribution in [0.3, 0.4) is 0 Å². The summed E-state index contributed by atoms with van der Waals surface area (Å²) in [6.45, 7) is 13.7. The van der Waals surface area contributed by atoms with E-state index >= 15 is 0 Å². The molecule has 9 nitrogen and oxygen atoms in total. The lowest BCUT2D eigenvalue weighted by Gasteiger charge is -2.33. The number of ether oxygens (including phenoxy) is 2. The van der Waals surface area contributed by atoms with Crippen LogP contribution < -0.4 is 5.73 Å². The molecular weight excluding hydrogens is 374 g/mol. The summed E-state index contributed by atoms with van der Waals surface area (Å²) in [5.41, 5.74) is 13.0. The fourth-order valence-corrected chi connectivity index (χ4v) is 4.10. The van der Waals surface area contributed by atoms with Crippen LogP contribution in [0.2, 0.25) is 0 Å². The van der Waals surface area contributed by atoms with Crippen molar-refractivity contribution in [2.45, 2.75) is 92.9 Å². The van der Waals surface area contributed by atoms with E-state index in [1.165, 1.54) is 6.92 Å². The smallest absolute Gasteiger partial charge is 0.353 e. The lowest BCUT2D eigenvalue weighted by atomic mass is 10.0. The zero-order chi connectivity index (χ0) is 20.8. The van der Waals surface area contributed by atoms with Gasteiger partial charge in [-0.2, -0.15) is 4.79 Å². The molecule has 3 rings (SSSR count). The van der Waals surface area contributed by atoms with Crippen LogP contribution in [0.25, 0.3) is 5.53 Å². The zero-order valence-electron chi connectivity index (χ0n) is 17.3. The van der Waals surface area contributed by atoms with Gasteiger partial charge in [0.1, 0.15) is 17.1 Å². The van der Waals surface area contributed by atoms with Crippen LogP contribution >= 0.6 is 0 Å². The largest absolute Gasteiger partial charge is 0.361 e. The number of amides is 2. The Labute approximate surface area is 175 Å². The van der Waals surface area contributed by atoms with E-state index in [2.05, 4.69) is 4.79 Å². The van der Waals surface area contributed by atoms with Gasteiger partial charge < -0.3 is 20.7 Å². The first-order chi connectivity index (χ1) is 12.3. The molecule has 3 saturated heterocycles. The Bertz CT molecular complexity index is 686. The van der Waals surface area contributed by atoms with E-state index < -0.39 is 17.1 Å². The Morgan fingerprint density at radius 1 is 1.17 bits per heavy atom. The average molecular weight is 414 g/mol. The van der Waals surface area contributed by atoms with Crippen molar-refractivity contribution in [2.24, 2.45) is 11.7 Å². The Morgan fingerprint density at radius 2 is 1.72 bits per heavy atom. The number of carbonyl (C=O) groups excluding carboxylic acids is 2. The highest BCUT2D eigenvalue weighted by atomic mass is 16.5. The molecule has 3 atom stereocenters. The van der Waals surface area contributed by atoms with E-state index in [1.54, 1.807) is 9.80 Å². The number of nitrogens with zero attached hydrogens (tertiary/aromatic N) is 4. The zero-order valence-corrected chi connectivity index (χ0v) is 17.3. The highest BCUT2D eigenvalue weighted by molar-refractivity contribution is 6.35. The molecule has 3 aliphatic heterocycles. The van der Waals surface area contributed by atoms with Crippen LogP contribution in [-0.4, -0.2) is 68.5 Å². The van der Waals surface area contributed by atoms with Gasteiger partial charge in [-0.25, -0.2) is 0 Å². The number of fused-ring (bicyclic) bond motifs is 1. The van der Waals surface area contributed by atoms with E-state index in [1.807, 2.05) is 41.5 Å². The summed E-state index contributed by atoms with van der Waals surface area (Å²) in [6, 6.07) is 0.00852. The normalized spacial score (nSPS) is 31.0. The number of hydrogen-bond donors (Lipinski definition) is 1. The third kappa shape index (κ3) is 4.86. The number of carbonyl (C=O) groups is 2. The molecule has 3 fully saturated rings. The molecule has 3 aliphatic rings. The molecule has 3 heterocycles. The van der Waals surface area contributed by atoms with E-state index in [4.69, 9.17) is 20.7 Å². The van der Waals surface area contributed by atoms with Gasteiger partial charge in [-0.3, -0.25) is 19.4 Å². The second-order valence-electron chi connectivity index (χ2n) is 8.59. The van der Waals surface area contributed by atoms with Crippen LogP contribution in [0.1, 0.15) is 69.7 Å². The summed E-state index contributed by atoms with van der Waals surface area (Å²) < 4.78 is 11.0. The molecule has 0 aromatic carbocycles. The maximum atomic E-state index is 11.8. The van der Waals surface area contributed by atoms with E-state index in [0.29, 0.717) is 19.6 Å². The molecule has 0 radical (unpaired) electrons. The number of hydrogen-bond acceptors (Lipinski definition) is 5. The predicted octanol–water partition coefficient (Wildman–Crippen LogP) is 2.21. The Hall–Kier alpha value is -1.80. The molecule has 2 unspecified atom stereocenters. The Balaban J connectivity index is 0.000000506. The Kier molecular flexibility index (Phi) is 8.36. The second-order valence-corrected chi connectivity index (χ2v) is 8.59. The average Bonchev–Trinajstić information content (AvgIpc) is 3.07. The van der Waals surface area contributed by atoms with Gasteiger partial charge in [-0.15, -0.1) is 0 Å². The highest BCUT2D eigenvalue weighted by Crippen LogP contribution is 2.42. The quantitative estimate of drug-likeness (QED) is 0.401. The monoisotopic (exact) mass is 413 g/mol. The van der Waals surface area contributed by atoms with Gasteiger partial charge in [0.2, 0.25) is 5.91 Å². The van der Waals surface area contributed by atoms with Crippen molar-refractivity contribution in [1.82, 2.24) is 9.80 Å². The molecular formula is C20H39N5O4. The highest BCUT2D eigenvalue weighted by Gasteiger charge is 2.58. The van der Waals surface area contributed by atoms with Crippen molar-refractivity contribution < 1.29 is 23.9 Å². The van der Waals surface area contributed by atoms with Crippen molar-refractivity contribution in [2.75, 3.05) is 13.2 Å². The van der Waals surface area contributed by atoms with Gasteiger partial charge >= 0.3 is 11.6 Å². The van der Waals surface area contributed by atoms with Crippen molar-refractivity contribution >= 4 is 17.5 Å². The van der Waals surface area contributed by atoms with E-state index in [9.17, 15) is 9.59 Å². The van der Waals surface area contributed by atoms with Crippen LogP contribution in [0.5, 0.6) is 0 Å². The minimum absolute atomic E-state index is 0. The van der Waals surface area contributed by atoms with Gasteiger partial charge in [0.25, 0.3) is 0 Å². The van der Waals surface area contributed by atoms with Gasteiger partial charge in [0.05, 0.1) is 19.3 Å². The lowest BCUT2D eigenvalue weighted by molar-refractivity contribution is -0.146. The number of rotatable bonds is 1. The lowest BCUT2D eigenvalue weighted by Crippen LogP contribution is -2.55. The SMILES string of the molecule is C.C.CC(=[N+]=[N-])C(=O)N1C(C)COC1(C)C.CC1C[C@@]2(N)COC(C)(C)N2C1=O. The third-order valence-electron chi connectivity index (χ3n) is 5.34. The van der Waals surface area contributed by atoms with Crippen LogP contribution in [0.15, 0.2) is 0 Å². The maximum absolute atomic E-state index is 11.8. The fraction of sp³-hybridized carbons (Fsp3) is 0.850. The van der Waals surface area contributed by atoms with Crippen LogP contribution in [-0.2, 0) is 19.1 Å². The molecule has 2 N–H and O–H groups in total. The first-order valence-electron chi connectivity index (χ1n) is 9.20. The summed E-state index contributed by atoms with van der Waals surface area (Å²) in [5, 5.41) is 0. The van der Waals surface area contributed by atoms with Gasteiger partial charge in [-0.05, 0) is 41.0 Å². The van der Waals surface area contributed by atoms with Crippen LogP contribution in [0, 0.1) is 5.92 Å². The van der Waals surface area contributed by atoms with Gasteiger partial charge in [-0.1, -0.05) is 21.8 Å². The minimum Gasteiger partial charge on any atom is -0.361 e. The van der Waals surface area contributed by atoms with Crippen molar-refractivity contribution in [3.63, 3.8) is 0 Å². The molecule has 0 spiro atoms. The second kappa shape index (κ2) is 8.92. The third-order valence-corrected chi connectivity index (χ3v) is 5.34. The molecule has 0 bridgehead atoms. The fourth-order valence-electron chi connectivity index (χ4n) is 4.10. The van der Waals surface area contributed by atoms with Crippen molar-refractivity contribution in [3.05, 3.63) is 5.53 Å². The van der Waals surface area contributed by atoms with Gasteiger partial charge in [0, 0.05) is 12.8 Å².